The van der Waals surface area contributed by atoms with Crippen molar-refractivity contribution in [1.82, 2.24) is 5.32 Å². The van der Waals surface area contributed by atoms with Crippen molar-refractivity contribution in [2.75, 3.05) is 11.4 Å². The Labute approximate surface area is 174 Å². The average molecular weight is 393 g/mol. The number of hydrogen-bond donors (Lipinski definition) is 1. The van der Waals surface area contributed by atoms with Gasteiger partial charge in [0.15, 0.2) is 0 Å². The monoisotopic (exact) mass is 392 g/mol. The summed E-state index contributed by atoms with van der Waals surface area (Å²) in [6.45, 7) is 4.22. The van der Waals surface area contributed by atoms with E-state index in [1.165, 1.54) is 60.3 Å². The molecule has 1 fully saturated rings. The first-order valence-corrected chi connectivity index (χ1v) is 11.7. The number of allylic oxidation sites excluding steroid dienone is 2. The van der Waals surface area contributed by atoms with E-state index in [2.05, 4.69) is 77.1 Å². The van der Waals surface area contributed by atoms with E-state index in [1.807, 2.05) is 11.3 Å². The van der Waals surface area contributed by atoms with Crippen molar-refractivity contribution in [1.29, 1.82) is 0 Å². The zero-order valence-electron chi connectivity index (χ0n) is 16.9. The van der Waals surface area contributed by atoms with Crippen LogP contribution in [-0.2, 0) is 6.54 Å². The van der Waals surface area contributed by atoms with Gasteiger partial charge in [0.05, 0.1) is 10.6 Å². The summed E-state index contributed by atoms with van der Waals surface area (Å²) in [6.07, 6.45) is 15.1. The van der Waals surface area contributed by atoms with Crippen LogP contribution in [0.3, 0.4) is 0 Å². The van der Waals surface area contributed by atoms with Crippen LogP contribution in [-0.4, -0.2) is 12.6 Å². The fourth-order valence-electron chi connectivity index (χ4n) is 4.60. The molecule has 2 nitrogen and oxygen atoms in total. The molecule has 0 radical (unpaired) electrons. The molecule has 3 heteroatoms. The molecule has 148 valence electrons. The van der Waals surface area contributed by atoms with E-state index in [-0.39, 0.29) is 0 Å². The van der Waals surface area contributed by atoms with Gasteiger partial charge in [0, 0.05) is 24.8 Å². The van der Waals surface area contributed by atoms with Crippen molar-refractivity contribution in [3.05, 3.63) is 70.4 Å². The molecule has 2 aromatic rings. The fraction of sp³-hybridized carbons (Fsp3) is 0.440. The molecule has 1 saturated carbocycles. The van der Waals surface area contributed by atoms with Gasteiger partial charge in [0.25, 0.3) is 0 Å². The van der Waals surface area contributed by atoms with Crippen molar-refractivity contribution < 1.29 is 0 Å². The van der Waals surface area contributed by atoms with Gasteiger partial charge >= 0.3 is 0 Å². The van der Waals surface area contributed by atoms with Crippen molar-refractivity contribution in [2.24, 2.45) is 5.92 Å². The lowest BCUT2D eigenvalue weighted by molar-refractivity contribution is 0.304. The van der Waals surface area contributed by atoms with Crippen molar-refractivity contribution in [2.45, 2.75) is 58.0 Å². The predicted molar refractivity (Wildman–Crippen MR) is 123 cm³/mol. The van der Waals surface area contributed by atoms with E-state index in [0.29, 0.717) is 6.04 Å². The van der Waals surface area contributed by atoms with Gasteiger partial charge in [-0.1, -0.05) is 68.5 Å². The maximum atomic E-state index is 3.81. The van der Waals surface area contributed by atoms with E-state index in [1.54, 1.807) is 0 Å². The lowest BCUT2D eigenvalue weighted by Crippen LogP contribution is -2.30. The molecule has 1 aromatic heterocycles. The molecule has 0 amide bonds. The first-order valence-electron chi connectivity index (χ1n) is 10.8. The molecule has 2 aliphatic rings. The molecule has 1 aromatic carbocycles. The molecule has 28 heavy (non-hydrogen) atoms. The van der Waals surface area contributed by atoms with Gasteiger partial charge in [0.1, 0.15) is 0 Å². The Morgan fingerprint density at radius 3 is 2.79 bits per heavy atom. The van der Waals surface area contributed by atoms with Gasteiger partial charge in [-0.25, -0.2) is 0 Å². The Morgan fingerprint density at radius 1 is 1.11 bits per heavy atom. The topological polar surface area (TPSA) is 15.3 Å². The number of nitrogens with zero attached hydrogens (tertiary/aromatic N) is 1. The van der Waals surface area contributed by atoms with Crippen molar-refractivity contribution >= 4 is 22.7 Å². The van der Waals surface area contributed by atoms with Crippen LogP contribution in [0.25, 0.3) is 5.70 Å². The van der Waals surface area contributed by atoms with E-state index < -0.39 is 0 Å². The summed E-state index contributed by atoms with van der Waals surface area (Å²) in [4.78, 5) is 3.78. The van der Waals surface area contributed by atoms with Crippen molar-refractivity contribution in [3.8, 4) is 0 Å². The summed E-state index contributed by atoms with van der Waals surface area (Å²) in [7, 11) is 0. The summed E-state index contributed by atoms with van der Waals surface area (Å²) >= 11 is 1.81. The third-order valence-electron chi connectivity index (χ3n) is 6.08. The van der Waals surface area contributed by atoms with Gasteiger partial charge in [-0.2, -0.15) is 0 Å². The highest BCUT2D eigenvalue weighted by Gasteiger charge is 2.19. The van der Waals surface area contributed by atoms with Crippen LogP contribution in [0.2, 0.25) is 0 Å². The number of thiophene rings is 1. The lowest BCUT2D eigenvalue weighted by atomic mass is 9.85. The number of anilines is 1. The van der Waals surface area contributed by atoms with E-state index in [0.717, 1.165) is 19.0 Å². The highest BCUT2D eigenvalue weighted by Crippen LogP contribution is 2.33. The Hall–Kier alpha value is -1.84. The minimum absolute atomic E-state index is 0.574. The molecule has 1 N–H and O–H groups in total. The van der Waals surface area contributed by atoms with E-state index in [9.17, 15) is 0 Å². The number of nitrogens with one attached hydrogen (secondary N) is 1. The summed E-state index contributed by atoms with van der Waals surface area (Å²) < 4.78 is 0. The third kappa shape index (κ3) is 4.76. The standard InChI is InChI=1S/C25H32N2S/c1-20(18-21-10-3-2-4-11-21)26-19-22-12-5-6-13-23(22)27-16-8-7-14-24(27)25-15-9-17-28-25/h5-9,12-15,17,20-21,26H,2-4,10-11,16,18-19H2,1H3/t20-/m0/s1. The SMILES string of the molecule is C[C@@H](CC1CCCCC1)NCc1ccccc1N1CC=CC=C1c1cccs1. The molecular weight excluding hydrogens is 360 g/mol. The van der Waals surface area contributed by atoms with Crippen LogP contribution in [0.5, 0.6) is 0 Å². The summed E-state index contributed by atoms with van der Waals surface area (Å²) in [6, 6.07) is 13.8. The third-order valence-corrected chi connectivity index (χ3v) is 6.97. The highest BCUT2D eigenvalue weighted by molar-refractivity contribution is 7.11. The number of para-hydroxylation sites is 1. The maximum absolute atomic E-state index is 3.81. The molecule has 0 saturated heterocycles. The number of benzene rings is 1. The maximum Gasteiger partial charge on any atom is 0.0588 e. The van der Waals surface area contributed by atoms with E-state index >= 15 is 0 Å². The molecular formula is C25H32N2S. The van der Waals surface area contributed by atoms with Gasteiger partial charge in [-0.3, -0.25) is 0 Å². The molecule has 0 unspecified atom stereocenters. The Kier molecular flexibility index (Phi) is 6.66. The smallest absolute Gasteiger partial charge is 0.0588 e. The molecule has 1 atom stereocenters. The quantitative estimate of drug-likeness (QED) is 0.570. The van der Waals surface area contributed by atoms with E-state index in [4.69, 9.17) is 0 Å². The summed E-state index contributed by atoms with van der Waals surface area (Å²) in [5, 5.41) is 5.97. The predicted octanol–water partition coefficient (Wildman–Crippen LogP) is 6.61. The first kappa shape index (κ1) is 19.5. The summed E-state index contributed by atoms with van der Waals surface area (Å²) in [5.41, 5.74) is 4.01. The average Bonchev–Trinajstić information content (AvgIpc) is 3.28. The molecule has 1 aliphatic heterocycles. The van der Waals surface area contributed by atoms with Crippen LogP contribution < -0.4 is 10.2 Å². The molecule has 0 spiro atoms. The van der Waals surface area contributed by atoms with Gasteiger partial charge in [0.2, 0.25) is 0 Å². The number of hydrogen-bond acceptors (Lipinski definition) is 3. The lowest BCUT2D eigenvalue weighted by Gasteiger charge is -2.30. The molecule has 1 aliphatic carbocycles. The van der Waals surface area contributed by atoms with Crippen LogP contribution in [0.4, 0.5) is 5.69 Å². The number of rotatable bonds is 7. The van der Waals surface area contributed by atoms with Gasteiger partial charge in [-0.05, 0) is 48.4 Å². The largest absolute Gasteiger partial charge is 0.336 e. The molecule has 2 heterocycles. The Morgan fingerprint density at radius 2 is 1.96 bits per heavy atom. The Balaban J connectivity index is 1.45. The van der Waals surface area contributed by atoms with Crippen LogP contribution >= 0.6 is 11.3 Å². The zero-order valence-corrected chi connectivity index (χ0v) is 17.8. The van der Waals surface area contributed by atoms with Crippen molar-refractivity contribution in [3.63, 3.8) is 0 Å². The minimum Gasteiger partial charge on any atom is -0.336 e. The normalized spacial score (nSPS) is 18.9. The minimum atomic E-state index is 0.574. The Bertz CT molecular complexity index is 800. The second kappa shape index (κ2) is 9.58. The van der Waals surface area contributed by atoms with Gasteiger partial charge in [-0.15, -0.1) is 11.3 Å². The van der Waals surface area contributed by atoms with Crippen LogP contribution in [0, 0.1) is 5.92 Å². The molecule has 0 bridgehead atoms. The second-order valence-electron chi connectivity index (χ2n) is 8.22. The highest BCUT2D eigenvalue weighted by atomic mass is 32.1. The van der Waals surface area contributed by atoms with Crippen LogP contribution in [0.15, 0.2) is 60.0 Å². The summed E-state index contributed by atoms with van der Waals surface area (Å²) in [5.74, 6) is 0.923. The fourth-order valence-corrected chi connectivity index (χ4v) is 5.36. The molecule has 4 rings (SSSR count). The second-order valence-corrected chi connectivity index (χ2v) is 9.17. The van der Waals surface area contributed by atoms with Gasteiger partial charge < -0.3 is 10.2 Å². The first-order chi connectivity index (χ1) is 13.8. The van der Waals surface area contributed by atoms with Crippen LogP contribution in [0.1, 0.15) is 55.9 Å². The zero-order chi connectivity index (χ0) is 19.2.